The molecule has 0 bridgehead atoms. The third kappa shape index (κ3) is 3.29. The van der Waals surface area contributed by atoms with E-state index in [4.69, 9.17) is 9.47 Å². The van der Waals surface area contributed by atoms with E-state index in [1.54, 1.807) is 0 Å². The van der Waals surface area contributed by atoms with Gasteiger partial charge in [-0.3, -0.25) is 0 Å². The molecule has 2 nitrogen and oxygen atoms in total. The quantitative estimate of drug-likeness (QED) is 0.731. The lowest BCUT2D eigenvalue weighted by atomic mass is 10.3. The molecule has 0 aromatic heterocycles. The number of hydrogen-bond donors (Lipinski definition) is 0. The Hall–Kier alpha value is -1.18. The van der Waals surface area contributed by atoms with Crippen molar-refractivity contribution in [2.75, 3.05) is 0 Å². The van der Waals surface area contributed by atoms with Crippen molar-refractivity contribution in [2.24, 2.45) is 0 Å². The van der Waals surface area contributed by atoms with E-state index in [1.807, 2.05) is 45.9 Å². The third-order valence-electron chi connectivity index (χ3n) is 1.50. The van der Waals surface area contributed by atoms with Crippen molar-refractivity contribution in [3.63, 3.8) is 0 Å². The molecule has 0 aliphatic heterocycles. The predicted molar refractivity (Wildman–Crippen MR) is 56.8 cm³/mol. The van der Waals surface area contributed by atoms with Gasteiger partial charge in [-0.05, 0) is 33.8 Å². The number of ether oxygens (including phenoxy) is 2. The molecule has 77 valence electrons. The smallest absolute Gasteiger partial charge is 0.169 e. The molecule has 1 aromatic carbocycles. The third-order valence-corrected chi connectivity index (χ3v) is 1.50. The molecule has 1 rings (SSSR count). The fourth-order valence-electron chi connectivity index (χ4n) is 1.08. The summed E-state index contributed by atoms with van der Waals surface area (Å²) in [5, 5.41) is 0. The monoisotopic (exact) mass is 193 g/mol. The summed E-state index contributed by atoms with van der Waals surface area (Å²) in [6, 6.07) is 8.64. The molecular formula is C12H17O2. The molecule has 0 saturated carbocycles. The van der Waals surface area contributed by atoms with Crippen molar-refractivity contribution < 1.29 is 9.47 Å². The van der Waals surface area contributed by atoms with Crippen LogP contribution >= 0.6 is 0 Å². The SMILES string of the molecule is CC(C)Oc1[c]cccc1OC(C)C. The summed E-state index contributed by atoms with van der Waals surface area (Å²) in [5.41, 5.74) is 0. The van der Waals surface area contributed by atoms with Crippen LogP contribution < -0.4 is 9.47 Å². The van der Waals surface area contributed by atoms with Crippen LogP contribution in [0.1, 0.15) is 27.7 Å². The van der Waals surface area contributed by atoms with E-state index >= 15 is 0 Å². The summed E-state index contributed by atoms with van der Waals surface area (Å²) in [5.74, 6) is 1.45. The average molecular weight is 193 g/mol. The molecule has 0 amide bonds. The first-order valence-electron chi connectivity index (χ1n) is 4.93. The maximum absolute atomic E-state index is 5.59. The largest absolute Gasteiger partial charge is 0.487 e. The van der Waals surface area contributed by atoms with Crippen LogP contribution in [0.3, 0.4) is 0 Å². The Balaban J connectivity index is 2.80. The van der Waals surface area contributed by atoms with E-state index in [9.17, 15) is 0 Å². The molecule has 14 heavy (non-hydrogen) atoms. The molecule has 1 radical (unpaired) electrons. The van der Waals surface area contributed by atoms with Crippen molar-refractivity contribution in [2.45, 2.75) is 39.9 Å². The first-order valence-corrected chi connectivity index (χ1v) is 4.93. The van der Waals surface area contributed by atoms with E-state index in [2.05, 4.69) is 6.07 Å². The maximum atomic E-state index is 5.59. The molecule has 0 heterocycles. The summed E-state index contributed by atoms with van der Waals surface area (Å²) in [6.45, 7) is 7.96. The van der Waals surface area contributed by atoms with Crippen LogP contribution in [0.2, 0.25) is 0 Å². The number of rotatable bonds is 4. The van der Waals surface area contributed by atoms with E-state index in [1.165, 1.54) is 0 Å². The molecule has 0 N–H and O–H groups in total. The lowest BCUT2D eigenvalue weighted by Gasteiger charge is -2.16. The molecule has 0 fully saturated rings. The predicted octanol–water partition coefficient (Wildman–Crippen LogP) is 3.06. The van der Waals surface area contributed by atoms with Gasteiger partial charge in [0.2, 0.25) is 0 Å². The van der Waals surface area contributed by atoms with Crippen molar-refractivity contribution >= 4 is 0 Å². The Morgan fingerprint density at radius 2 is 1.71 bits per heavy atom. The highest BCUT2D eigenvalue weighted by Gasteiger charge is 2.07. The van der Waals surface area contributed by atoms with Crippen LogP contribution in [0.5, 0.6) is 11.5 Å². The highest BCUT2D eigenvalue weighted by atomic mass is 16.5. The second-order valence-electron chi connectivity index (χ2n) is 3.70. The zero-order chi connectivity index (χ0) is 10.6. The standard InChI is InChI=1S/C12H17O2/c1-9(2)13-11-7-5-6-8-12(11)14-10(3)4/h5-7,9-10H,1-4H3. The van der Waals surface area contributed by atoms with Gasteiger partial charge in [0.15, 0.2) is 11.5 Å². The second kappa shape index (κ2) is 4.89. The van der Waals surface area contributed by atoms with Gasteiger partial charge in [-0.15, -0.1) is 0 Å². The van der Waals surface area contributed by atoms with Crippen molar-refractivity contribution in [3.8, 4) is 11.5 Å². The van der Waals surface area contributed by atoms with Gasteiger partial charge in [0.05, 0.1) is 12.2 Å². The van der Waals surface area contributed by atoms with Gasteiger partial charge in [-0.2, -0.15) is 0 Å². The molecule has 0 unspecified atom stereocenters. The molecule has 2 heteroatoms. The van der Waals surface area contributed by atoms with Crippen LogP contribution in [-0.4, -0.2) is 12.2 Å². The van der Waals surface area contributed by atoms with E-state index in [0.717, 1.165) is 5.75 Å². The van der Waals surface area contributed by atoms with Crippen LogP contribution in [0, 0.1) is 6.07 Å². The van der Waals surface area contributed by atoms with Crippen LogP contribution in [0.15, 0.2) is 18.2 Å². The van der Waals surface area contributed by atoms with Gasteiger partial charge in [-0.25, -0.2) is 0 Å². The fourth-order valence-corrected chi connectivity index (χ4v) is 1.08. The Bertz CT molecular complexity index is 250. The zero-order valence-corrected chi connectivity index (χ0v) is 9.20. The minimum atomic E-state index is 0.142. The van der Waals surface area contributed by atoms with E-state index < -0.39 is 0 Å². The van der Waals surface area contributed by atoms with Crippen molar-refractivity contribution in [1.82, 2.24) is 0 Å². The Labute approximate surface area is 85.8 Å². The molecule has 0 saturated heterocycles. The van der Waals surface area contributed by atoms with Gasteiger partial charge in [0.1, 0.15) is 0 Å². The van der Waals surface area contributed by atoms with Crippen molar-refractivity contribution in [3.05, 3.63) is 24.3 Å². The van der Waals surface area contributed by atoms with Gasteiger partial charge in [0, 0.05) is 6.07 Å². The summed E-state index contributed by atoms with van der Waals surface area (Å²) < 4.78 is 11.2. The molecule has 1 aromatic rings. The highest BCUT2D eigenvalue weighted by molar-refractivity contribution is 5.38. The molecular weight excluding hydrogens is 176 g/mol. The zero-order valence-electron chi connectivity index (χ0n) is 9.20. The van der Waals surface area contributed by atoms with Crippen molar-refractivity contribution in [1.29, 1.82) is 0 Å². The molecule has 0 atom stereocenters. The van der Waals surface area contributed by atoms with Crippen LogP contribution in [0.4, 0.5) is 0 Å². The molecule has 0 aliphatic rings. The van der Waals surface area contributed by atoms with Gasteiger partial charge in [-0.1, -0.05) is 12.1 Å². The van der Waals surface area contributed by atoms with Crippen LogP contribution in [-0.2, 0) is 0 Å². The molecule has 0 aliphatic carbocycles. The number of hydrogen-bond acceptors (Lipinski definition) is 2. The first kappa shape index (κ1) is 10.9. The fraction of sp³-hybridized carbons (Fsp3) is 0.500. The summed E-state index contributed by atoms with van der Waals surface area (Å²) in [4.78, 5) is 0. The summed E-state index contributed by atoms with van der Waals surface area (Å²) in [6.07, 6.45) is 0.295. The molecule has 0 spiro atoms. The Kier molecular flexibility index (Phi) is 3.81. The summed E-state index contributed by atoms with van der Waals surface area (Å²) in [7, 11) is 0. The van der Waals surface area contributed by atoms with Gasteiger partial charge >= 0.3 is 0 Å². The topological polar surface area (TPSA) is 18.5 Å². The minimum absolute atomic E-state index is 0.142. The van der Waals surface area contributed by atoms with Crippen LogP contribution in [0.25, 0.3) is 0 Å². The van der Waals surface area contributed by atoms with E-state index in [-0.39, 0.29) is 12.2 Å². The lowest BCUT2D eigenvalue weighted by Crippen LogP contribution is -2.10. The highest BCUT2D eigenvalue weighted by Crippen LogP contribution is 2.27. The summed E-state index contributed by atoms with van der Waals surface area (Å²) >= 11 is 0. The van der Waals surface area contributed by atoms with Gasteiger partial charge < -0.3 is 9.47 Å². The number of benzene rings is 1. The minimum Gasteiger partial charge on any atom is -0.487 e. The van der Waals surface area contributed by atoms with Gasteiger partial charge in [0.25, 0.3) is 0 Å². The Morgan fingerprint density at radius 1 is 1.07 bits per heavy atom. The lowest BCUT2D eigenvalue weighted by molar-refractivity contribution is 0.198. The van der Waals surface area contributed by atoms with E-state index in [0.29, 0.717) is 5.75 Å². The number of para-hydroxylation sites is 1. The maximum Gasteiger partial charge on any atom is 0.169 e. The average Bonchev–Trinajstić information content (AvgIpc) is 2.06. The second-order valence-corrected chi connectivity index (χ2v) is 3.70. The first-order chi connectivity index (χ1) is 6.59. The Morgan fingerprint density at radius 3 is 2.29 bits per heavy atom. The normalized spacial score (nSPS) is 10.7.